The second-order valence-corrected chi connectivity index (χ2v) is 8.96. The lowest BCUT2D eigenvalue weighted by molar-refractivity contribution is -0.0177. The molecule has 0 unspecified atom stereocenters. The highest BCUT2D eigenvalue weighted by Crippen LogP contribution is 2.31. The van der Waals surface area contributed by atoms with Gasteiger partial charge in [0.25, 0.3) is 5.56 Å². The van der Waals surface area contributed by atoms with Crippen molar-refractivity contribution in [3.05, 3.63) is 87.2 Å². The van der Waals surface area contributed by atoms with Gasteiger partial charge >= 0.3 is 0 Å². The zero-order valence-electron chi connectivity index (χ0n) is 19.9. The molecule has 1 aliphatic heterocycles. The lowest BCUT2D eigenvalue weighted by atomic mass is 10.1. The Morgan fingerprint density at radius 2 is 1.86 bits per heavy atom. The summed E-state index contributed by atoms with van der Waals surface area (Å²) in [5, 5.41) is 0. The van der Waals surface area contributed by atoms with E-state index in [9.17, 15) is 13.6 Å². The molecule has 4 aromatic rings. The highest BCUT2D eigenvalue weighted by molar-refractivity contribution is 5.76. The van der Waals surface area contributed by atoms with Crippen molar-refractivity contribution < 1.29 is 13.5 Å². The molecule has 1 fully saturated rings. The van der Waals surface area contributed by atoms with Gasteiger partial charge in [-0.3, -0.25) is 14.2 Å². The highest BCUT2D eigenvalue weighted by atomic mass is 19.1. The molecule has 35 heavy (non-hydrogen) atoms. The fourth-order valence-corrected chi connectivity index (χ4v) is 4.43. The zero-order chi connectivity index (χ0) is 24.9. The summed E-state index contributed by atoms with van der Waals surface area (Å²) in [6.45, 7) is 8.32. The molecule has 1 aromatic carbocycles. The second kappa shape index (κ2) is 8.81. The molecule has 0 N–H and O–H groups in total. The summed E-state index contributed by atoms with van der Waals surface area (Å²) in [6.07, 6.45) is 3.02. The minimum atomic E-state index is -0.774. The number of rotatable bonds is 3. The first-order valence-corrected chi connectivity index (χ1v) is 11.4. The number of hydrogen-bond donors (Lipinski definition) is 0. The summed E-state index contributed by atoms with van der Waals surface area (Å²) in [5.41, 5.74) is 3.10. The molecule has 0 amide bonds. The molecule has 3 aromatic heterocycles. The van der Waals surface area contributed by atoms with Crippen LogP contribution in [0.4, 0.5) is 14.6 Å². The fraction of sp³-hybridized carbons (Fsp3) is 0.308. The van der Waals surface area contributed by atoms with Gasteiger partial charge in [0.2, 0.25) is 0 Å². The van der Waals surface area contributed by atoms with Gasteiger partial charge in [-0.1, -0.05) is 0 Å². The van der Waals surface area contributed by atoms with E-state index in [-0.39, 0.29) is 34.7 Å². The number of benzene rings is 1. The van der Waals surface area contributed by atoms with Gasteiger partial charge in [-0.25, -0.2) is 18.7 Å². The van der Waals surface area contributed by atoms with Crippen molar-refractivity contribution in [2.45, 2.75) is 39.9 Å². The van der Waals surface area contributed by atoms with E-state index in [1.807, 2.05) is 30.9 Å². The van der Waals surface area contributed by atoms with Crippen LogP contribution in [-0.4, -0.2) is 38.5 Å². The van der Waals surface area contributed by atoms with Gasteiger partial charge < -0.3 is 9.64 Å². The van der Waals surface area contributed by atoms with E-state index in [0.29, 0.717) is 30.2 Å². The number of aromatic nitrogens is 4. The maximum atomic E-state index is 14.9. The molecule has 9 heteroatoms. The molecular formula is C26H25F2N5O2. The first-order chi connectivity index (χ1) is 16.7. The summed E-state index contributed by atoms with van der Waals surface area (Å²) in [6, 6.07) is 7.19. The summed E-state index contributed by atoms with van der Waals surface area (Å²) >= 11 is 0. The Morgan fingerprint density at radius 3 is 2.60 bits per heavy atom. The number of ether oxygens (including phenoxy) is 1. The molecule has 1 saturated heterocycles. The molecule has 0 bridgehead atoms. The number of morpholine rings is 1. The minimum Gasteiger partial charge on any atom is -0.367 e. The molecule has 180 valence electrons. The lowest BCUT2D eigenvalue weighted by Crippen LogP contribution is -2.43. The topological polar surface area (TPSA) is 72.6 Å². The Morgan fingerprint density at radius 1 is 1.06 bits per heavy atom. The van der Waals surface area contributed by atoms with Crippen LogP contribution in [0.25, 0.3) is 16.9 Å². The van der Waals surface area contributed by atoms with Gasteiger partial charge in [0.15, 0.2) is 5.65 Å². The van der Waals surface area contributed by atoms with Crippen molar-refractivity contribution in [3.8, 4) is 11.3 Å². The zero-order valence-corrected chi connectivity index (χ0v) is 19.9. The number of aryl methyl sites for hydroxylation is 2. The SMILES string of the molecule is Cc1cc([C@H]2CN(c3cn4c(=O)c(C)c(C)nc4c(-c4ccc(F)cc4F)n3)C[C@@H](C)O2)ccn1. The van der Waals surface area contributed by atoms with Crippen molar-refractivity contribution in [1.82, 2.24) is 19.4 Å². The van der Waals surface area contributed by atoms with Gasteiger partial charge in [-0.05, 0) is 57.5 Å². The van der Waals surface area contributed by atoms with Crippen molar-refractivity contribution >= 4 is 11.5 Å². The van der Waals surface area contributed by atoms with Crippen LogP contribution in [-0.2, 0) is 4.74 Å². The number of nitrogens with zero attached hydrogens (tertiary/aromatic N) is 5. The largest absolute Gasteiger partial charge is 0.367 e. The van der Waals surface area contributed by atoms with Gasteiger partial charge in [0.05, 0.1) is 12.3 Å². The van der Waals surface area contributed by atoms with Crippen LogP contribution in [0.1, 0.15) is 35.5 Å². The third-order valence-electron chi connectivity index (χ3n) is 6.33. The molecule has 4 heterocycles. The first-order valence-electron chi connectivity index (χ1n) is 11.4. The molecule has 1 aliphatic rings. The Kier molecular flexibility index (Phi) is 5.80. The van der Waals surface area contributed by atoms with Crippen LogP contribution >= 0.6 is 0 Å². The average molecular weight is 478 g/mol. The molecule has 0 spiro atoms. The Labute approximate surface area is 201 Å². The first kappa shape index (κ1) is 23.0. The third-order valence-corrected chi connectivity index (χ3v) is 6.33. The molecule has 5 rings (SSSR count). The van der Waals surface area contributed by atoms with E-state index >= 15 is 0 Å². The smallest absolute Gasteiger partial charge is 0.261 e. The lowest BCUT2D eigenvalue weighted by Gasteiger charge is -2.38. The Balaban J connectivity index is 1.68. The monoisotopic (exact) mass is 477 g/mol. The number of pyridine rings is 1. The summed E-state index contributed by atoms with van der Waals surface area (Å²) in [5.74, 6) is -0.986. The van der Waals surface area contributed by atoms with E-state index in [4.69, 9.17) is 9.72 Å². The summed E-state index contributed by atoms with van der Waals surface area (Å²) in [4.78, 5) is 28.8. The van der Waals surface area contributed by atoms with E-state index in [1.54, 1.807) is 26.2 Å². The van der Waals surface area contributed by atoms with Crippen LogP contribution < -0.4 is 10.5 Å². The molecule has 0 saturated carbocycles. The number of fused-ring (bicyclic) bond motifs is 1. The van der Waals surface area contributed by atoms with Crippen LogP contribution in [0.5, 0.6) is 0 Å². The number of anilines is 1. The van der Waals surface area contributed by atoms with E-state index in [2.05, 4.69) is 9.97 Å². The molecule has 7 nitrogen and oxygen atoms in total. The van der Waals surface area contributed by atoms with Gasteiger partial charge in [-0.15, -0.1) is 0 Å². The van der Waals surface area contributed by atoms with E-state index in [0.717, 1.165) is 17.3 Å². The third kappa shape index (κ3) is 4.27. The average Bonchev–Trinajstić information content (AvgIpc) is 2.82. The fourth-order valence-electron chi connectivity index (χ4n) is 4.43. The molecule has 0 aliphatic carbocycles. The summed E-state index contributed by atoms with van der Waals surface area (Å²) in [7, 11) is 0. The maximum absolute atomic E-state index is 14.9. The Bertz CT molecular complexity index is 1500. The number of hydrogen-bond acceptors (Lipinski definition) is 6. The quantitative estimate of drug-likeness (QED) is 0.438. The van der Waals surface area contributed by atoms with E-state index < -0.39 is 11.6 Å². The standard InChI is InChI=1S/C26H25F2N5O2/c1-14-9-18(7-8-29-14)22-12-32(11-15(2)35-22)23-13-33-25(30-17(4)16(3)26(33)34)24(31-23)20-6-5-19(27)10-21(20)28/h5-10,13,15,22H,11-12H2,1-4H3/t15-,22-/m1/s1. The Hall–Kier alpha value is -3.72. The molecule has 0 radical (unpaired) electrons. The predicted molar refractivity (Wildman–Crippen MR) is 129 cm³/mol. The van der Waals surface area contributed by atoms with Crippen molar-refractivity contribution in [3.63, 3.8) is 0 Å². The maximum Gasteiger partial charge on any atom is 0.261 e. The summed E-state index contributed by atoms with van der Waals surface area (Å²) < 4.78 is 36.1. The molecular weight excluding hydrogens is 452 g/mol. The minimum absolute atomic E-state index is 0.0727. The number of halogens is 2. The van der Waals surface area contributed by atoms with Crippen molar-refractivity contribution in [2.75, 3.05) is 18.0 Å². The van der Waals surface area contributed by atoms with Gasteiger partial charge in [0, 0.05) is 47.9 Å². The van der Waals surface area contributed by atoms with Crippen molar-refractivity contribution in [2.24, 2.45) is 0 Å². The predicted octanol–water partition coefficient (Wildman–Crippen LogP) is 4.32. The normalized spacial score (nSPS) is 18.3. The van der Waals surface area contributed by atoms with Gasteiger partial charge in [-0.2, -0.15) is 0 Å². The van der Waals surface area contributed by atoms with Crippen LogP contribution in [0.15, 0.2) is 47.5 Å². The highest BCUT2D eigenvalue weighted by Gasteiger charge is 2.29. The van der Waals surface area contributed by atoms with Gasteiger partial charge in [0.1, 0.15) is 29.3 Å². The second-order valence-electron chi connectivity index (χ2n) is 8.96. The van der Waals surface area contributed by atoms with Crippen LogP contribution in [0.3, 0.4) is 0 Å². The van der Waals surface area contributed by atoms with E-state index in [1.165, 1.54) is 16.5 Å². The van der Waals surface area contributed by atoms with Crippen molar-refractivity contribution in [1.29, 1.82) is 0 Å². The molecule has 2 atom stereocenters. The van der Waals surface area contributed by atoms with Crippen LogP contribution in [0, 0.1) is 32.4 Å². The van der Waals surface area contributed by atoms with Crippen LogP contribution in [0.2, 0.25) is 0 Å².